The summed E-state index contributed by atoms with van der Waals surface area (Å²) in [6.07, 6.45) is -0.492. The minimum atomic E-state index is -4.43. The van der Waals surface area contributed by atoms with Gasteiger partial charge in [0.15, 0.2) is 0 Å². The number of carbonyl (C=O) groups is 1. The van der Waals surface area contributed by atoms with Gasteiger partial charge in [0.25, 0.3) is 0 Å². The maximum atomic E-state index is 13.1. The van der Waals surface area contributed by atoms with E-state index in [-0.39, 0.29) is 18.1 Å². The predicted octanol–water partition coefficient (Wildman–Crippen LogP) is 5.06. The van der Waals surface area contributed by atoms with E-state index in [1.54, 1.807) is 17.2 Å². The smallest absolute Gasteiger partial charge is 0.417 e. The zero-order valence-electron chi connectivity index (χ0n) is 18.6. The van der Waals surface area contributed by atoms with Gasteiger partial charge in [-0.15, -0.1) is 0 Å². The summed E-state index contributed by atoms with van der Waals surface area (Å²) in [5, 5.41) is 11.1. The third kappa shape index (κ3) is 4.41. The van der Waals surface area contributed by atoms with E-state index in [4.69, 9.17) is 4.42 Å². The first-order valence-electron chi connectivity index (χ1n) is 11.1. The quantitative estimate of drug-likeness (QED) is 0.441. The molecule has 180 valence electrons. The average molecular weight is 481 g/mol. The van der Waals surface area contributed by atoms with E-state index in [1.165, 1.54) is 12.3 Å². The van der Waals surface area contributed by atoms with Gasteiger partial charge in [-0.05, 0) is 29.3 Å². The van der Waals surface area contributed by atoms with Gasteiger partial charge >= 0.3 is 6.18 Å². The Bertz CT molecular complexity index is 1300. The van der Waals surface area contributed by atoms with Crippen LogP contribution in [0.25, 0.3) is 22.3 Å². The third-order valence-electron chi connectivity index (χ3n) is 6.33. The number of rotatable bonds is 4. The molecule has 6 nitrogen and oxygen atoms in total. The number of hydrogen-bond acceptors (Lipinski definition) is 5. The van der Waals surface area contributed by atoms with Crippen LogP contribution < -0.4 is 4.90 Å². The van der Waals surface area contributed by atoms with Crippen molar-refractivity contribution in [1.82, 2.24) is 9.88 Å². The Morgan fingerprint density at radius 2 is 1.74 bits per heavy atom. The maximum Gasteiger partial charge on any atom is 0.417 e. The van der Waals surface area contributed by atoms with Gasteiger partial charge in [-0.1, -0.05) is 30.3 Å². The number of aromatic hydroxyl groups is 1. The molecule has 35 heavy (non-hydrogen) atoms. The Morgan fingerprint density at radius 3 is 2.40 bits per heavy atom. The lowest BCUT2D eigenvalue weighted by Crippen LogP contribution is -2.49. The number of alkyl halides is 3. The summed E-state index contributed by atoms with van der Waals surface area (Å²) in [4.78, 5) is 20.6. The lowest BCUT2D eigenvalue weighted by atomic mass is 10.0. The number of benzene rings is 1. The zero-order chi connectivity index (χ0) is 24.6. The third-order valence-corrected chi connectivity index (χ3v) is 6.33. The molecule has 5 rings (SSSR count). The zero-order valence-corrected chi connectivity index (χ0v) is 18.6. The second-order valence-electron chi connectivity index (χ2n) is 8.40. The van der Waals surface area contributed by atoms with E-state index in [0.29, 0.717) is 43.1 Å². The van der Waals surface area contributed by atoms with Gasteiger partial charge in [0.1, 0.15) is 11.6 Å². The number of halogens is 3. The summed E-state index contributed by atoms with van der Waals surface area (Å²) in [6, 6.07) is 13.5. The predicted molar refractivity (Wildman–Crippen MR) is 124 cm³/mol. The van der Waals surface area contributed by atoms with Crippen LogP contribution in [0, 0.1) is 0 Å². The minimum Gasteiger partial charge on any atom is -0.507 e. The highest BCUT2D eigenvalue weighted by Crippen LogP contribution is 2.47. The average Bonchev–Trinajstić information content (AvgIpc) is 3.15. The van der Waals surface area contributed by atoms with Crippen molar-refractivity contribution in [3.8, 4) is 28.0 Å². The van der Waals surface area contributed by atoms with Crippen LogP contribution >= 0.6 is 0 Å². The van der Waals surface area contributed by atoms with Crippen LogP contribution in [-0.2, 0) is 17.4 Å². The van der Waals surface area contributed by atoms with E-state index in [1.807, 2.05) is 35.2 Å². The summed E-state index contributed by atoms with van der Waals surface area (Å²) < 4.78 is 43.7. The molecule has 3 heterocycles. The first kappa shape index (κ1) is 22.8. The summed E-state index contributed by atoms with van der Waals surface area (Å²) in [7, 11) is 0. The molecule has 2 aromatic rings. The largest absolute Gasteiger partial charge is 0.507 e. The second-order valence-corrected chi connectivity index (χ2v) is 8.40. The Labute approximate surface area is 199 Å². The number of aromatic nitrogens is 1. The van der Waals surface area contributed by atoms with Crippen LogP contribution in [0.3, 0.4) is 0 Å². The van der Waals surface area contributed by atoms with E-state index < -0.39 is 11.7 Å². The highest BCUT2D eigenvalue weighted by Gasteiger charge is 2.32. The van der Waals surface area contributed by atoms with Crippen molar-refractivity contribution in [2.45, 2.75) is 12.6 Å². The highest BCUT2D eigenvalue weighted by molar-refractivity contribution is 5.96. The van der Waals surface area contributed by atoms with Crippen LogP contribution in [0.2, 0.25) is 0 Å². The van der Waals surface area contributed by atoms with Gasteiger partial charge < -0.3 is 19.3 Å². The lowest BCUT2D eigenvalue weighted by molar-refractivity contribution is -0.137. The monoisotopic (exact) mass is 481 g/mol. The van der Waals surface area contributed by atoms with Crippen molar-refractivity contribution in [3.63, 3.8) is 0 Å². The highest BCUT2D eigenvalue weighted by atomic mass is 19.4. The van der Waals surface area contributed by atoms with Crippen molar-refractivity contribution >= 4 is 11.7 Å². The molecular weight excluding hydrogens is 459 g/mol. The first-order chi connectivity index (χ1) is 16.8. The number of nitrogens with zero attached hydrogens (tertiary/aromatic N) is 3. The molecule has 0 radical (unpaired) electrons. The fraction of sp³-hybridized carbons (Fsp3) is 0.231. The molecule has 1 amide bonds. The molecule has 0 spiro atoms. The van der Waals surface area contributed by atoms with E-state index in [2.05, 4.69) is 4.98 Å². The number of fused-ring (bicyclic) bond motifs is 1. The van der Waals surface area contributed by atoms with Crippen LogP contribution in [-0.4, -0.2) is 47.1 Å². The van der Waals surface area contributed by atoms with Gasteiger partial charge in [-0.2, -0.15) is 13.2 Å². The van der Waals surface area contributed by atoms with Crippen molar-refractivity contribution in [2.75, 3.05) is 31.1 Å². The second kappa shape index (κ2) is 8.98. The molecule has 1 aromatic heterocycles. The number of pyridine rings is 1. The lowest BCUT2D eigenvalue weighted by Gasteiger charge is -2.35. The minimum absolute atomic E-state index is 0.0255. The van der Waals surface area contributed by atoms with E-state index >= 15 is 0 Å². The van der Waals surface area contributed by atoms with Crippen LogP contribution in [0.1, 0.15) is 11.1 Å². The Balaban J connectivity index is 1.30. The molecule has 1 aromatic carbocycles. The molecule has 9 heteroatoms. The number of carbonyl (C=O) groups excluding carboxylic acids is 1. The summed E-state index contributed by atoms with van der Waals surface area (Å²) in [6.45, 7) is 1.71. The topological polar surface area (TPSA) is 69.8 Å². The molecule has 1 fully saturated rings. The number of hydrogen-bond donors (Lipinski definition) is 1. The van der Waals surface area contributed by atoms with Gasteiger partial charge in [-0.25, -0.2) is 4.98 Å². The Hall–Kier alpha value is -4.01. The van der Waals surface area contributed by atoms with Crippen molar-refractivity contribution in [3.05, 3.63) is 78.4 Å². The summed E-state index contributed by atoms with van der Waals surface area (Å²) >= 11 is 0. The standard InChI is InChI=1S/C26H22F3N3O3/c27-26(28,29)18-6-7-22(30-15-18)31-9-11-32(12-10-31)23(33)14-20-19-8-13-35-16-21(19)24(25(20)34)17-4-2-1-3-5-17/h1-8,13,15-16,34H,9-12,14H2. The van der Waals surface area contributed by atoms with Gasteiger partial charge in [0, 0.05) is 49.1 Å². The maximum absolute atomic E-state index is 13.1. The number of amides is 1. The van der Waals surface area contributed by atoms with Crippen LogP contribution in [0.15, 0.2) is 71.7 Å². The number of anilines is 1. The molecule has 1 N–H and O–H groups in total. The molecule has 0 atom stereocenters. The molecule has 0 saturated carbocycles. The molecule has 2 aliphatic heterocycles. The molecule has 0 bridgehead atoms. The first-order valence-corrected chi connectivity index (χ1v) is 11.1. The van der Waals surface area contributed by atoms with E-state index in [9.17, 15) is 23.1 Å². The summed E-state index contributed by atoms with van der Waals surface area (Å²) in [5.41, 5.74) is 2.70. The fourth-order valence-electron chi connectivity index (χ4n) is 4.50. The molecule has 1 aliphatic carbocycles. The SMILES string of the molecule is O=C(Cc1c2ccocc-2c(-c2ccccc2)c1O)N1CCN(c2ccc(C(F)(F)F)cn2)CC1. The number of piperazine rings is 1. The van der Waals surface area contributed by atoms with Crippen molar-refractivity contribution in [1.29, 1.82) is 0 Å². The van der Waals surface area contributed by atoms with Crippen molar-refractivity contribution in [2.24, 2.45) is 0 Å². The summed E-state index contributed by atoms with van der Waals surface area (Å²) in [5.74, 6) is 0.377. The Kier molecular flexibility index (Phi) is 5.84. The molecule has 0 unspecified atom stereocenters. The van der Waals surface area contributed by atoms with Crippen LogP contribution in [0.5, 0.6) is 5.75 Å². The van der Waals surface area contributed by atoms with Crippen LogP contribution in [0.4, 0.5) is 19.0 Å². The molecule has 3 aliphatic rings. The van der Waals surface area contributed by atoms with Gasteiger partial charge in [-0.3, -0.25) is 4.79 Å². The molecular formula is C26H22F3N3O3. The van der Waals surface area contributed by atoms with Crippen molar-refractivity contribution < 1.29 is 27.5 Å². The molecule has 1 saturated heterocycles. The Morgan fingerprint density at radius 1 is 1.00 bits per heavy atom. The normalized spacial score (nSPS) is 14.5. The fourth-order valence-corrected chi connectivity index (χ4v) is 4.50. The van der Waals surface area contributed by atoms with E-state index in [0.717, 1.165) is 29.0 Å². The van der Waals surface area contributed by atoms with Gasteiger partial charge in [0.05, 0.1) is 24.5 Å². The van der Waals surface area contributed by atoms with Gasteiger partial charge in [0.2, 0.25) is 5.91 Å².